The molecule has 10 heteroatoms. The smallest absolute Gasteiger partial charge is 0.224 e. The van der Waals surface area contributed by atoms with Gasteiger partial charge in [0.1, 0.15) is 5.52 Å². The van der Waals surface area contributed by atoms with Crippen molar-refractivity contribution in [2.24, 2.45) is 11.5 Å². The van der Waals surface area contributed by atoms with Gasteiger partial charge in [-0.2, -0.15) is 4.98 Å². The maximum atomic E-state index is 6.03. The summed E-state index contributed by atoms with van der Waals surface area (Å²) >= 11 is 0. The van der Waals surface area contributed by atoms with E-state index in [2.05, 4.69) is 20.2 Å². The number of hydrogen-bond donors (Lipinski definition) is 4. The van der Waals surface area contributed by atoms with Crippen LogP contribution in [-0.2, 0) is 0 Å². The van der Waals surface area contributed by atoms with E-state index >= 15 is 0 Å². The summed E-state index contributed by atoms with van der Waals surface area (Å²) in [5, 5.41) is 7.04. The van der Waals surface area contributed by atoms with Crippen molar-refractivity contribution in [3.63, 3.8) is 0 Å². The molecule has 2 aromatic rings. The van der Waals surface area contributed by atoms with Gasteiger partial charge in [-0.05, 0) is 57.9 Å². The number of aromatic nitrogens is 4. The fourth-order valence-corrected chi connectivity index (χ4v) is 4.51. The molecule has 0 saturated heterocycles. The summed E-state index contributed by atoms with van der Waals surface area (Å²) in [6.07, 6.45) is 13.2. The van der Waals surface area contributed by atoms with Crippen LogP contribution in [0.1, 0.15) is 70.3 Å². The van der Waals surface area contributed by atoms with Gasteiger partial charge in [0, 0.05) is 24.7 Å². The molecule has 2 saturated carbocycles. The van der Waals surface area contributed by atoms with Crippen LogP contribution in [0.2, 0.25) is 0 Å². The molecular weight excluding hydrogens is 423 g/mol. The molecule has 0 aliphatic heterocycles. The van der Waals surface area contributed by atoms with Gasteiger partial charge in [0.2, 0.25) is 11.9 Å². The van der Waals surface area contributed by atoms with Crippen LogP contribution < -0.4 is 22.1 Å². The summed E-state index contributed by atoms with van der Waals surface area (Å²) < 4.78 is 2.31. The van der Waals surface area contributed by atoms with Crippen LogP contribution in [0.3, 0.4) is 0 Å². The first-order valence-corrected chi connectivity index (χ1v) is 11.0. The normalized spacial score (nSPS) is 21.8. The minimum Gasteiger partial charge on any atom is -0.356 e. The Bertz CT molecular complexity index is 769. The minimum atomic E-state index is 0. The Hall–Kier alpha value is -1.35. The Balaban J connectivity index is 0.00000160. The van der Waals surface area contributed by atoms with Gasteiger partial charge < -0.3 is 22.1 Å². The largest absolute Gasteiger partial charge is 0.356 e. The van der Waals surface area contributed by atoms with Crippen molar-refractivity contribution >= 4 is 47.9 Å². The summed E-state index contributed by atoms with van der Waals surface area (Å²) in [7, 11) is 0. The molecule has 4 rings (SSSR count). The number of nitrogens with one attached hydrogen (secondary N) is 2. The van der Waals surface area contributed by atoms with E-state index in [0.29, 0.717) is 24.1 Å². The monoisotopic (exact) mass is 458 g/mol. The quantitative estimate of drug-likeness (QED) is 0.445. The van der Waals surface area contributed by atoms with Gasteiger partial charge >= 0.3 is 0 Å². The van der Waals surface area contributed by atoms with E-state index in [9.17, 15) is 0 Å². The predicted molar refractivity (Wildman–Crippen MR) is 128 cm³/mol. The fourth-order valence-electron chi connectivity index (χ4n) is 4.51. The maximum Gasteiger partial charge on any atom is 0.224 e. The van der Waals surface area contributed by atoms with E-state index in [4.69, 9.17) is 21.4 Å². The molecule has 6 N–H and O–H groups in total. The van der Waals surface area contributed by atoms with E-state index in [1.807, 2.05) is 6.20 Å². The summed E-state index contributed by atoms with van der Waals surface area (Å²) in [4.78, 5) is 14.2. The average molecular weight is 459 g/mol. The Morgan fingerprint density at radius 2 is 1.73 bits per heavy atom. The van der Waals surface area contributed by atoms with Gasteiger partial charge in [0.15, 0.2) is 5.65 Å². The molecule has 0 radical (unpaired) electrons. The van der Waals surface area contributed by atoms with E-state index in [1.165, 1.54) is 25.7 Å². The van der Waals surface area contributed by atoms with Crippen LogP contribution in [0.15, 0.2) is 6.20 Å². The maximum absolute atomic E-state index is 6.03. The lowest BCUT2D eigenvalue weighted by molar-refractivity contribution is 0.410. The molecule has 0 amide bonds. The number of imidazole rings is 1. The molecule has 0 atom stereocenters. The fraction of sp³-hybridized carbons (Fsp3) is 0.750. The third-order valence-electron chi connectivity index (χ3n) is 6.14. The topological polar surface area (TPSA) is 120 Å². The SMILES string of the molecule is Cl.Cl.NCCCCNc1nc2cnc(N[C@H]3CC[C@H](N)CC3)nc2n1C1CCCC1. The number of anilines is 2. The van der Waals surface area contributed by atoms with Crippen LogP contribution in [0.5, 0.6) is 0 Å². The van der Waals surface area contributed by atoms with Gasteiger partial charge in [-0.15, -0.1) is 24.8 Å². The van der Waals surface area contributed by atoms with Gasteiger partial charge in [-0.25, -0.2) is 9.97 Å². The Morgan fingerprint density at radius 1 is 1.00 bits per heavy atom. The van der Waals surface area contributed by atoms with Crippen molar-refractivity contribution < 1.29 is 0 Å². The van der Waals surface area contributed by atoms with E-state index in [0.717, 1.165) is 68.7 Å². The van der Waals surface area contributed by atoms with Gasteiger partial charge in [0.25, 0.3) is 0 Å². The van der Waals surface area contributed by atoms with Crippen molar-refractivity contribution in [2.45, 2.75) is 82.3 Å². The second-order valence-corrected chi connectivity index (χ2v) is 8.32. The zero-order valence-corrected chi connectivity index (χ0v) is 19.2. The molecule has 0 unspecified atom stereocenters. The van der Waals surface area contributed by atoms with Crippen molar-refractivity contribution in [3.05, 3.63) is 6.20 Å². The molecule has 2 aliphatic rings. The number of nitrogens with zero attached hydrogens (tertiary/aromatic N) is 4. The highest BCUT2D eigenvalue weighted by Gasteiger charge is 2.25. The molecule has 2 aliphatic carbocycles. The zero-order chi connectivity index (χ0) is 19.3. The summed E-state index contributed by atoms with van der Waals surface area (Å²) in [6.45, 7) is 1.61. The lowest BCUT2D eigenvalue weighted by atomic mass is 9.92. The third kappa shape index (κ3) is 5.87. The number of rotatable bonds is 8. The first kappa shape index (κ1) is 24.9. The van der Waals surface area contributed by atoms with Gasteiger partial charge in [-0.1, -0.05) is 12.8 Å². The molecule has 8 nitrogen and oxygen atoms in total. The second kappa shape index (κ2) is 11.9. The highest BCUT2D eigenvalue weighted by molar-refractivity contribution is 5.85. The first-order valence-electron chi connectivity index (χ1n) is 11.0. The van der Waals surface area contributed by atoms with Crippen LogP contribution in [0, 0.1) is 0 Å². The van der Waals surface area contributed by atoms with Crippen molar-refractivity contribution in [3.8, 4) is 0 Å². The van der Waals surface area contributed by atoms with Gasteiger partial charge in [0.05, 0.1) is 6.20 Å². The second-order valence-electron chi connectivity index (χ2n) is 8.32. The van der Waals surface area contributed by atoms with E-state index in [1.54, 1.807) is 0 Å². The number of fused-ring (bicyclic) bond motifs is 1. The van der Waals surface area contributed by atoms with Crippen LogP contribution in [0.25, 0.3) is 11.2 Å². The van der Waals surface area contributed by atoms with Crippen molar-refractivity contribution in [1.82, 2.24) is 19.5 Å². The van der Waals surface area contributed by atoms with Crippen molar-refractivity contribution in [2.75, 3.05) is 23.7 Å². The van der Waals surface area contributed by atoms with Crippen LogP contribution >= 0.6 is 24.8 Å². The lowest BCUT2D eigenvalue weighted by Crippen LogP contribution is -2.33. The first-order chi connectivity index (χ1) is 13.7. The predicted octanol–water partition coefficient (Wildman–Crippen LogP) is 3.62. The molecule has 30 heavy (non-hydrogen) atoms. The lowest BCUT2D eigenvalue weighted by Gasteiger charge is -2.26. The van der Waals surface area contributed by atoms with Crippen LogP contribution in [-0.4, -0.2) is 44.7 Å². The molecule has 2 aromatic heterocycles. The zero-order valence-electron chi connectivity index (χ0n) is 17.6. The number of halogens is 2. The molecule has 170 valence electrons. The number of nitrogens with two attached hydrogens (primary N) is 2. The molecule has 2 heterocycles. The summed E-state index contributed by atoms with van der Waals surface area (Å²) in [5.41, 5.74) is 13.5. The highest BCUT2D eigenvalue weighted by atomic mass is 35.5. The van der Waals surface area contributed by atoms with Crippen molar-refractivity contribution in [1.29, 1.82) is 0 Å². The molecule has 0 spiro atoms. The average Bonchev–Trinajstić information content (AvgIpc) is 3.34. The molecule has 0 bridgehead atoms. The number of hydrogen-bond acceptors (Lipinski definition) is 7. The Morgan fingerprint density at radius 3 is 2.43 bits per heavy atom. The van der Waals surface area contributed by atoms with E-state index in [-0.39, 0.29) is 24.8 Å². The number of unbranched alkanes of at least 4 members (excludes halogenated alkanes) is 1. The van der Waals surface area contributed by atoms with Crippen LogP contribution in [0.4, 0.5) is 11.9 Å². The Labute approximate surface area is 191 Å². The summed E-state index contributed by atoms with van der Waals surface area (Å²) in [6, 6.07) is 1.23. The molecular formula is C20H36Cl2N8. The minimum absolute atomic E-state index is 0. The summed E-state index contributed by atoms with van der Waals surface area (Å²) in [5.74, 6) is 1.64. The third-order valence-corrected chi connectivity index (χ3v) is 6.14. The molecule has 2 fully saturated rings. The van der Waals surface area contributed by atoms with E-state index < -0.39 is 0 Å². The standard InChI is InChI=1S/C20H34N8.2ClH/c21-11-3-4-12-23-20-26-17-13-24-19(25-15-9-7-14(22)8-10-15)27-18(17)28(20)16-5-1-2-6-16;;/h13-16H,1-12,21-22H2,(H,23,26)(H,24,25,27);2*1H/t14-,15-;;. The molecule has 0 aromatic carbocycles. The highest BCUT2D eigenvalue weighted by Crippen LogP contribution is 2.35. The Kier molecular flexibility index (Phi) is 9.87. The van der Waals surface area contributed by atoms with Gasteiger partial charge in [-0.3, -0.25) is 4.57 Å².